The van der Waals surface area contributed by atoms with E-state index < -0.39 is 0 Å². The molecule has 0 aliphatic heterocycles. The molecule has 3 N–H and O–H groups in total. The minimum absolute atomic E-state index is 0.717. The van der Waals surface area contributed by atoms with E-state index in [4.69, 9.17) is 15.2 Å². The first-order valence-corrected chi connectivity index (χ1v) is 7.25. The van der Waals surface area contributed by atoms with E-state index in [1.165, 1.54) is 0 Å². The maximum atomic E-state index is 5.49. The van der Waals surface area contributed by atoms with E-state index in [-0.39, 0.29) is 0 Å². The number of hydrogen-bond acceptors (Lipinski definition) is 4. The molecule has 0 atom stereocenters. The van der Waals surface area contributed by atoms with Gasteiger partial charge in [0.25, 0.3) is 0 Å². The summed E-state index contributed by atoms with van der Waals surface area (Å²) < 4.78 is 10.6. The molecule has 0 fully saturated rings. The number of aryl methyl sites for hydroxylation is 1. The summed E-state index contributed by atoms with van der Waals surface area (Å²) in [5.41, 5.74) is 7.52. The normalized spacial score (nSPS) is 10.6. The summed E-state index contributed by atoms with van der Waals surface area (Å²) in [5.74, 6) is 2.45. The Morgan fingerprint density at radius 3 is 2.62 bits per heavy atom. The predicted octanol–water partition coefficient (Wildman–Crippen LogP) is 2.77. The molecule has 0 amide bonds. The zero-order valence-electron chi connectivity index (χ0n) is 12.7. The lowest BCUT2D eigenvalue weighted by atomic mass is 10.1. The lowest BCUT2D eigenvalue weighted by Crippen LogP contribution is -1.98. The molecular formula is C16H23N3O2. The van der Waals surface area contributed by atoms with E-state index in [9.17, 15) is 0 Å². The van der Waals surface area contributed by atoms with Gasteiger partial charge in [-0.2, -0.15) is 0 Å². The van der Waals surface area contributed by atoms with Crippen LogP contribution in [0.1, 0.15) is 25.1 Å². The topological polar surface area (TPSA) is 73.2 Å². The third-order valence-corrected chi connectivity index (χ3v) is 3.44. The molecule has 0 aliphatic carbocycles. The Bertz CT molecular complexity index is 566. The van der Waals surface area contributed by atoms with Crippen LogP contribution in [0.15, 0.2) is 24.4 Å². The molecule has 0 bridgehead atoms. The van der Waals surface area contributed by atoms with Crippen molar-refractivity contribution in [2.24, 2.45) is 5.73 Å². The number of nitrogens with one attached hydrogen (secondary N) is 1. The van der Waals surface area contributed by atoms with Crippen molar-refractivity contribution < 1.29 is 9.47 Å². The van der Waals surface area contributed by atoms with Crippen molar-refractivity contribution in [3.8, 4) is 22.8 Å². The van der Waals surface area contributed by atoms with Crippen LogP contribution < -0.4 is 15.2 Å². The Labute approximate surface area is 125 Å². The Morgan fingerprint density at radius 1 is 1.10 bits per heavy atom. The van der Waals surface area contributed by atoms with Crippen LogP contribution in [0.5, 0.6) is 11.5 Å². The quantitative estimate of drug-likeness (QED) is 0.733. The number of nitrogens with zero attached hydrogens (tertiary/aromatic N) is 1. The van der Waals surface area contributed by atoms with E-state index in [1.54, 1.807) is 14.2 Å². The second kappa shape index (κ2) is 7.69. The molecule has 5 heteroatoms. The monoisotopic (exact) mass is 289 g/mol. The van der Waals surface area contributed by atoms with Crippen LogP contribution in [0.2, 0.25) is 0 Å². The molecular weight excluding hydrogens is 266 g/mol. The number of methoxy groups -OCH3 is 2. The first kappa shape index (κ1) is 15.4. The summed E-state index contributed by atoms with van der Waals surface area (Å²) in [6, 6.07) is 5.84. The third kappa shape index (κ3) is 3.98. The molecule has 0 aliphatic rings. The van der Waals surface area contributed by atoms with Gasteiger partial charge in [0, 0.05) is 12.0 Å². The number of H-pyrrole nitrogens is 1. The van der Waals surface area contributed by atoms with E-state index in [0.717, 1.165) is 55.1 Å². The van der Waals surface area contributed by atoms with Crippen LogP contribution in [0, 0.1) is 0 Å². The highest BCUT2D eigenvalue weighted by Gasteiger charge is 2.08. The molecule has 2 aromatic rings. The van der Waals surface area contributed by atoms with Gasteiger partial charge in [-0.05, 0) is 37.6 Å². The zero-order chi connectivity index (χ0) is 15.1. The SMILES string of the molecule is COc1ccc(-c2cnc(CCCCCN)[nH]2)cc1OC. The highest BCUT2D eigenvalue weighted by Crippen LogP contribution is 2.31. The molecule has 1 heterocycles. The molecule has 2 rings (SSSR count). The average molecular weight is 289 g/mol. The maximum Gasteiger partial charge on any atom is 0.161 e. The van der Waals surface area contributed by atoms with Gasteiger partial charge in [0.05, 0.1) is 26.1 Å². The van der Waals surface area contributed by atoms with E-state index >= 15 is 0 Å². The fraction of sp³-hybridized carbons (Fsp3) is 0.438. The standard InChI is InChI=1S/C16H23N3O2/c1-20-14-8-7-12(10-15(14)21-2)13-11-18-16(19-13)6-4-3-5-9-17/h7-8,10-11H,3-6,9,17H2,1-2H3,(H,18,19). The molecule has 1 aromatic heterocycles. The lowest BCUT2D eigenvalue weighted by molar-refractivity contribution is 0.355. The molecule has 0 spiro atoms. The Balaban J connectivity index is 2.06. The molecule has 0 radical (unpaired) electrons. The van der Waals surface area contributed by atoms with Crippen molar-refractivity contribution in [3.05, 3.63) is 30.2 Å². The smallest absolute Gasteiger partial charge is 0.161 e. The van der Waals surface area contributed by atoms with Crippen LogP contribution in [0.4, 0.5) is 0 Å². The van der Waals surface area contributed by atoms with E-state index in [0.29, 0.717) is 5.75 Å². The summed E-state index contributed by atoms with van der Waals surface area (Å²) in [4.78, 5) is 7.79. The number of hydrogen-bond donors (Lipinski definition) is 2. The number of benzene rings is 1. The fourth-order valence-electron chi connectivity index (χ4n) is 2.25. The summed E-state index contributed by atoms with van der Waals surface area (Å²) in [6.45, 7) is 0.759. The van der Waals surface area contributed by atoms with Crippen molar-refractivity contribution >= 4 is 0 Å². The number of aromatic amines is 1. The summed E-state index contributed by atoms with van der Waals surface area (Å²) in [5, 5.41) is 0. The van der Waals surface area contributed by atoms with Crippen LogP contribution in [0.3, 0.4) is 0 Å². The Hall–Kier alpha value is -2.01. The van der Waals surface area contributed by atoms with Gasteiger partial charge in [-0.1, -0.05) is 6.42 Å². The van der Waals surface area contributed by atoms with Gasteiger partial charge in [0.1, 0.15) is 5.82 Å². The summed E-state index contributed by atoms with van der Waals surface area (Å²) >= 11 is 0. The largest absolute Gasteiger partial charge is 0.493 e. The summed E-state index contributed by atoms with van der Waals surface area (Å²) in [6.07, 6.45) is 6.13. The minimum atomic E-state index is 0.717. The van der Waals surface area contributed by atoms with Gasteiger partial charge in [0.15, 0.2) is 11.5 Å². The van der Waals surface area contributed by atoms with E-state index in [1.807, 2.05) is 24.4 Å². The molecule has 5 nitrogen and oxygen atoms in total. The van der Waals surface area contributed by atoms with Gasteiger partial charge < -0.3 is 20.2 Å². The summed E-state index contributed by atoms with van der Waals surface area (Å²) in [7, 11) is 3.27. The first-order chi connectivity index (χ1) is 10.3. The average Bonchev–Trinajstić information content (AvgIpc) is 2.99. The maximum absolute atomic E-state index is 5.49. The molecule has 0 unspecified atom stereocenters. The van der Waals surface area contributed by atoms with Crippen LogP contribution in [-0.2, 0) is 6.42 Å². The number of imidazole rings is 1. The molecule has 21 heavy (non-hydrogen) atoms. The van der Waals surface area contributed by atoms with Crippen molar-refractivity contribution in [1.82, 2.24) is 9.97 Å². The second-order valence-corrected chi connectivity index (χ2v) is 4.91. The first-order valence-electron chi connectivity index (χ1n) is 7.25. The number of ether oxygens (including phenoxy) is 2. The molecule has 1 aromatic carbocycles. The minimum Gasteiger partial charge on any atom is -0.493 e. The highest BCUT2D eigenvalue weighted by molar-refractivity contribution is 5.63. The van der Waals surface area contributed by atoms with Crippen molar-refractivity contribution in [1.29, 1.82) is 0 Å². The zero-order valence-corrected chi connectivity index (χ0v) is 12.7. The number of aromatic nitrogens is 2. The number of rotatable bonds is 8. The third-order valence-electron chi connectivity index (χ3n) is 3.44. The highest BCUT2D eigenvalue weighted by atomic mass is 16.5. The van der Waals surface area contributed by atoms with Crippen molar-refractivity contribution in [2.75, 3.05) is 20.8 Å². The van der Waals surface area contributed by atoms with Gasteiger partial charge in [-0.15, -0.1) is 0 Å². The number of unbranched alkanes of at least 4 members (excludes halogenated alkanes) is 2. The van der Waals surface area contributed by atoms with E-state index in [2.05, 4.69) is 9.97 Å². The Kier molecular flexibility index (Phi) is 5.63. The molecule has 0 saturated carbocycles. The second-order valence-electron chi connectivity index (χ2n) is 4.91. The van der Waals surface area contributed by atoms with Gasteiger partial charge in [0.2, 0.25) is 0 Å². The van der Waals surface area contributed by atoms with Gasteiger partial charge in [-0.25, -0.2) is 4.98 Å². The number of nitrogens with two attached hydrogens (primary N) is 1. The molecule has 0 saturated heterocycles. The van der Waals surface area contributed by atoms with Crippen molar-refractivity contribution in [3.63, 3.8) is 0 Å². The van der Waals surface area contributed by atoms with Crippen LogP contribution in [-0.4, -0.2) is 30.7 Å². The van der Waals surface area contributed by atoms with Gasteiger partial charge in [-0.3, -0.25) is 0 Å². The van der Waals surface area contributed by atoms with Gasteiger partial charge >= 0.3 is 0 Å². The predicted molar refractivity (Wildman–Crippen MR) is 83.7 cm³/mol. The van der Waals surface area contributed by atoms with Crippen LogP contribution in [0.25, 0.3) is 11.3 Å². The van der Waals surface area contributed by atoms with Crippen molar-refractivity contribution in [2.45, 2.75) is 25.7 Å². The lowest BCUT2D eigenvalue weighted by Gasteiger charge is -2.08. The Morgan fingerprint density at radius 2 is 1.90 bits per heavy atom. The molecule has 114 valence electrons. The van der Waals surface area contributed by atoms with Crippen LogP contribution >= 0.6 is 0 Å². The fourth-order valence-corrected chi connectivity index (χ4v) is 2.25.